The second kappa shape index (κ2) is 11.7. The molecule has 0 aromatic heterocycles. The van der Waals surface area contributed by atoms with Crippen molar-refractivity contribution in [2.75, 3.05) is 6.54 Å². The Morgan fingerprint density at radius 1 is 0.800 bits per heavy atom. The van der Waals surface area contributed by atoms with E-state index in [-0.39, 0.29) is 0 Å². The predicted molar refractivity (Wildman–Crippen MR) is 67.1 cm³/mol. The minimum Gasteiger partial charge on any atom is -0.151 e. The summed E-state index contributed by atoms with van der Waals surface area (Å²) in [5, 5.41) is 2.86. The normalized spacial score (nSPS) is 10.9. The Labute approximate surface area is 94.8 Å². The van der Waals surface area contributed by atoms with E-state index in [4.69, 9.17) is 0 Å². The van der Waals surface area contributed by atoms with Gasteiger partial charge in [0.1, 0.15) is 0 Å². The summed E-state index contributed by atoms with van der Waals surface area (Å²) >= 11 is 0. The zero-order valence-electron chi connectivity index (χ0n) is 10.5. The third-order valence-corrected chi connectivity index (χ3v) is 2.78. The van der Waals surface area contributed by atoms with Crippen molar-refractivity contribution < 1.29 is 0 Å². The van der Waals surface area contributed by atoms with Crippen LogP contribution in [0.3, 0.4) is 0 Å². The van der Waals surface area contributed by atoms with E-state index in [9.17, 15) is 4.91 Å². The molecule has 0 bridgehead atoms. The lowest BCUT2D eigenvalue weighted by molar-refractivity contribution is 0.507. The summed E-state index contributed by atoms with van der Waals surface area (Å²) in [6.07, 6.45) is 11.7. The number of nitrogens with zero attached hydrogens (tertiary/aromatic N) is 1. The average Bonchev–Trinajstić information content (AvgIpc) is 2.20. The lowest BCUT2D eigenvalue weighted by Crippen LogP contribution is -1.87. The zero-order valence-corrected chi connectivity index (χ0v) is 10.5. The summed E-state index contributed by atoms with van der Waals surface area (Å²) in [4.78, 5) is 9.82. The monoisotopic (exact) mass is 213 g/mol. The van der Waals surface area contributed by atoms with Gasteiger partial charge in [-0.3, -0.25) is 0 Å². The van der Waals surface area contributed by atoms with E-state index in [0.717, 1.165) is 12.3 Å². The second-order valence-corrected chi connectivity index (χ2v) is 4.86. The highest BCUT2D eigenvalue weighted by molar-refractivity contribution is 4.50. The smallest absolute Gasteiger partial charge is 0.0811 e. The molecule has 0 unspecified atom stereocenters. The van der Waals surface area contributed by atoms with Gasteiger partial charge in [-0.25, -0.2) is 0 Å². The number of hydrogen-bond donors (Lipinski definition) is 0. The van der Waals surface area contributed by atoms with Crippen LogP contribution in [0.5, 0.6) is 0 Å². The fourth-order valence-corrected chi connectivity index (χ4v) is 1.79. The van der Waals surface area contributed by atoms with Crippen LogP contribution in [0.4, 0.5) is 0 Å². The highest BCUT2D eigenvalue weighted by atomic mass is 16.3. The molecule has 0 aliphatic heterocycles. The van der Waals surface area contributed by atoms with Crippen LogP contribution in [0, 0.1) is 10.8 Å². The van der Waals surface area contributed by atoms with Crippen molar-refractivity contribution in [3.05, 3.63) is 4.91 Å². The molecule has 0 aliphatic rings. The Morgan fingerprint density at radius 2 is 1.27 bits per heavy atom. The molecule has 2 nitrogen and oxygen atoms in total. The topological polar surface area (TPSA) is 29.4 Å². The first-order valence-electron chi connectivity index (χ1n) is 6.56. The Balaban J connectivity index is 2.89. The molecule has 0 radical (unpaired) electrons. The highest BCUT2D eigenvalue weighted by Gasteiger charge is 1.95. The van der Waals surface area contributed by atoms with Crippen LogP contribution < -0.4 is 0 Å². The molecule has 0 aromatic carbocycles. The molecular weight excluding hydrogens is 186 g/mol. The summed E-state index contributed by atoms with van der Waals surface area (Å²) < 4.78 is 0. The third-order valence-electron chi connectivity index (χ3n) is 2.78. The van der Waals surface area contributed by atoms with E-state index < -0.39 is 0 Å². The molecule has 15 heavy (non-hydrogen) atoms. The van der Waals surface area contributed by atoms with Crippen LogP contribution in [-0.4, -0.2) is 6.54 Å². The van der Waals surface area contributed by atoms with Crippen molar-refractivity contribution in [1.82, 2.24) is 0 Å². The first-order chi connectivity index (χ1) is 7.27. The van der Waals surface area contributed by atoms with Gasteiger partial charge in [-0.2, -0.15) is 4.91 Å². The number of nitroso groups, excluding NO2 is 1. The lowest BCUT2D eigenvalue weighted by Gasteiger charge is -2.04. The Hall–Kier alpha value is -0.400. The van der Waals surface area contributed by atoms with Gasteiger partial charge < -0.3 is 0 Å². The van der Waals surface area contributed by atoms with E-state index >= 15 is 0 Å². The van der Waals surface area contributed by atoms with Crippen molar-refractivity contribution in [3.8, 4) is 0 Å². The first kappa shape index (κ1) is 14.6. The summed E-state index contributed by atoms with van der Waals surface area (Å²) in [6, 6.07) is 0. The average molecular weight is 213 g/mol. The summed E-state index contributed by atoms with van der Waals surface area (Å²) in [7, 11) is 0. The van der Waals surface area contributed by atoms with Crippen molar-refractivity contribution in [1.29, 1.82) is 0 Å². The van der Waals surface area contributed by atoms with E-state index in [1.54, 1.807) is 0 Å². The summed E-state index contributed by atoms with van der Waals surface area (Å²) in [6.45, 7) is 5.09. The maximum atomic E-state index is 9.82. The highest BCUT2D eigenvalue weighted by Crippen LogP contribution is 2.12. The molecule has 0 amide bonds. The molecule has 0 aliphatic carbocycles. The molecule has 2 heteroatoms. The van der Waals surface area contributed by atoms with Crippen molar-refractivity contribution in [2.24, 2.45) is 11.1 Å². The number of rotatable bonds is 11. The molecule has 90 valence electrons. The molecule has 0 rings (SSSR count). The van der Waals surface area contributed by atoms with E-state index in [2.05, 4.69) is 19.0 Å². The molecular formula is C13H27NO. The molecule has 0 saturated heterocycles. The van der Waals surface area contributed by atoms with Gasteiger partial charge in [0, 0.05) is 0 Å². The van der Waals surface area contributed by atoms with Crippen molar-refractivity contribution in [2.45, 2.75) is 71.6 Å². The fourth-order valence-electron chi connectivity index (χ4n) is 1.79. The number of hydrogen-bond acceptors (Lipinski definition) is 2. The Bertz CT molecular complexity index is 134. The van der Waals surface area contributed by atoms with Crippen LogP contribution in [0.15, 0.2) is 5.18 Å². The van der Waals surface area contributed by atoms with E-state index in [1.807, 2.05) is 0 Å². The predicted octanol–water partition coefficient (Wildman–Crippen LogP) is 4.92. The van der Waals surface area contributed by atoms with E-state index in [0.29, 0.717) is 6.54 Å². The van der Waals surface area contributed by atoms with Gasteiger partial charge >= 0.3 is 0 Å². The second-order valence-electron chi connectivity index (χ2n) is 4.86. The number of unbranched alkanes of at least 4 members (excludes halogenated alkanes) is 7. The lowest BCUT2D eigenvalue weighted by atomic mass is 10.0. The maximum absolute atomic E-state index is 9.82. The zero-order chi connectivity index (χ0) is 11.4. The van der Waals surface area contributed by atoms with Gasteiger partial charge in [0.15, 0.2) is 0 Å². The Morgan fingerprint density at radius 3 is 1.73 bits per heavy atom. The van der Waals surface area contributed by atoms with Gasteiger partial charge in [-0.15, -0.1) is 0 Å². The van der Waals surface area contributed by atoms with Gasteiger partial charge in [0.2, 0.25) is 0 Å². The molecule has 0 atom stereocenters. The molecule has 0 saturated carbocycles. The minimum absolute atomic E-state index is 0.508. The van der Waals surface area contributed by atoms with Crippen LogP contribution in [-0.2, 0) is 0 Å². The van der Waals surface area contributed by atoms with Crippen LogP contribution in [0.2, 0.25) is 0 Å². The van der Waals surface area contributed by atoms with Gasteiger partial charge in [0.05, 0.1) is 6.54 Å². The van der Waals surface area contributed by atoms with Crippen molar-refractivity contribution in [3.63, 3.8) is 0 Å². The standard InChI is InChI=1S/C13H27NO/c1-13(2)11-9-7-5-3-4-6-8-10-12-14-15/h13H,3-12H2,1-2H3. The Kier molecular flexibility index (Phi) is 11.4. The van der Waals surface area contributed by atoms with Crippen LogP contribution >= 0.6 is 0 Å². The maximum Gasteiger partial charge on any atom is 0.0811 e. The van der Waals surface area contributed by atoms with Gasteiger partial charge in [0.25, 0.3) is 0 Å². The van der Waals surface area contributed by atoms with Crippen LogP contribution in [0.1, 0.15) is 71.6 Å². The van der Waals surface area contributed by atoms with Crippen LogP contribution in [0.25, 0.3) is 0 Å². The molecule has 0 N–H and O–H groups in total. The largest absolute Gasteiger partial charge is 0.151 e. The van der Waals surface area contributed by atoms with E-state index in [1.165, 1.54) is 51.4 Å². The van der Waals surface area contributed by atoms with Crippen molar-refractivity contribution >= 4 is 0 Å². The molecule has 0 aromatic rings. The minimum atomic E-state index is 0.508. The summed E-state index contributed by atoms with van der Waals surface area (Å²) in [5.74, 6) is 0.862. The molecule has 0 heterocycles. The molecule has 0 spiro atoms. The third kappa shape index (κ3) is 13.6. The van der Waals surface area contributed by atoms with Gasteiger partial charge in [-0.05, 0) is 12.3 Å². The first-order valence-corrected chi connectivity index (χ1v) is 6.56. The van der Waals surface area contributed by atoms with Gasteiger partial charge in [-0.1, -0.05) is 70.4 Å². The quantitative estimate of drug-likeness (QED) is 0.354. The summed E-state index contributed by atoms with van der Waals surface area (Å²) in [5.41, 5.74) is 0. The fraction of sp³-hybridized carbons (Fsp3) is 1.00. The SMILES string of the molecule is CC(C)CCCCCCCCCCN=O. The molecule has 0 fully saturated rings.